The van der Waals surface area contributed by atoms with E-state index in [0.29, 0.717) is 37.1 Å². The van der Waals surface area contributed by atoms with Crippen LogP contribution in [0.25, 0.3) is 11.0 Å². The molecule has 0 spiro atoms. The normalized spacial score (nSPS) is 11.0. The summed E-state index contributed by atoms with van der Waals surface area (Å²) in [6, 6.07) is 18.2. The summed E-state index contributed by atoms with van der Waals surface area (Å²) in [7, 11) is 0. The molecule has 1 amide bonds. The van der Waals surface area contributed by atoms with Gasteiger partial charge < -0.3 is 5.32 Å². The van der Waals surface area contributed by atoms with E-state index in [0.717, 1.165) is 18.4 Å². The first-order chi connectivity index (χ1) is 15.6. The first kappa shape index (κ1) is 21.5. The number of aromatic nitrogens is 4. The molecule has 32 heavy (non-hydrogen) atoms. The predicted molar refractivity (Wildman–Crippen MR) is 124 cm³/mol. The third kappa shape index (κ3) is 5.29. The first-order valence-electron chi connectivity index (χ1n) is 10.9. The van der Waals surface area contributed by atoms with Crippen LogP contribution in [0.15, 0.2) is 71.9 Å². The molecule has 164 valence electrons. The van der Waals surface area contributed by atoms with Gasteiger partial charge in [0, 0.05) is 13.0 Å². The summed E-state index contributed by atoms with van der Waals surface area (Å²) < 4.78 is 3.25. The fourth-order valence-corrected chi connectivity index (χ4v) is 3.65. The highest BCUT2D eigenvalue weighted by molar-refractivity contribution is 5.76. The van der Waals surface area contributed by atoms with Crippen LogP contribution in [-0.2, 0) is 24.3 Å². The number of hydrogen-bond acceptors (Lipinski definition) is 4. The Hall–Kier alpha value is -3.74. The highest BCUT2D eigenvalue weighted by atomic mass is 16.1. The molecule has 2 heterocycles. The van der Waals surface area contributed by atoms with Crippen LogP contribution in [0.3, 0.4) is 0 Å². The lowest BCUT2D eigenvalue weighted by Crippen LogP contribution is -2.27. The topological polar surface area (TPSA) is 81.8 Å². The van der Waals surface area contributed by atoms with E-state index >= 15 is 0 Å². The van der Waals surface area contributed by atoms with Crippen molar-refractivity contribution in [1.29, 1.82) is 0 Å². The molecule has 0 radical (unpaired) electrons. The number of hydrogen-bond donors (Lipinski definition) is 1. The number of rotatable bonds is 9. The molecule has 0 atom stereocenters. The van der Waals surface area contributed by atoms with E-state index in [4.69, 9.17) is 0 Å². The summed E-state index contributed by atoms with van der Waals surface area (Å²) in [4.78, 5) is 29.4. The highest BCUT2D eigenvalue weighted by Gasteiger charge is 2.11. The van der Waals surface area contributed by atoms with E-state index < -0.39 is 0 Å². The summed E-state index contributed by atoms with van der Waals surface area (Å²) in [5.74, 6) is 0.0193. The van der Waals surface area contributed by atoms with E-state index in [-0.39, 0.29) is 11.5 Å². The number of carbonyl (C=O) groups is 1. The average molecular weight is 430 g/mol. The van der Waals surface area contributed by atoms with Crippen molar-refractivity contribution in [1.82, 2.24) is 24.6 Å². The number of carbonyl (C=O) groups excluding carboxylic acids is 1. The third-order valence-electron chi connectivity index (χ3n) is 5.45. The zero-order chi connectivity index (χ0) is 22.3. The van der Waals surface area contributed by atoms with Crippen LogP contribution in [-0.4, -0.2) is 31.8 Å². The number of aryl methyl sites for hydroxylation is 2. The summed E-state index contributed by atoms with van der Waals surface area (Å²) in [5, 5.41) is 7.71. The lowest BCUT2D eigenvalue weighted by atomic mass is 10.1. The zero-order valence-electron chi connectivity index (χ0n) is 18.2. The van der Waals surface area contributed by atoms with Crippen molar-refractivity contribution in [2.45, 2.75) is 39.3 Å². The van der Waals surface area contributed by atoms with Gasteiger partial charge in [0.25, 0.3) is 5.56 Å². The number of amides is 1. The van der Waals surface area contributed by atoms with Gasteiger partial charge in [-0.05, 0) is 30.9 Å². The maximum Gasteiger partial charge on any atom is 0.264 e. The van der Waals surface area contributed by atoms with Crippen molar-refractivity contribution in [2.24, 2.45) is 0 Å². The Labute approximate surface area is 186 Å². The Morgan fingerprint density at radius 2 is 1.81 bits per heavy atom. The van der Waals surface area contributed by atoms with Crippen LogP contribution in [0.5, 0.6) is 0 Å². The molecule has 0 aliphatic carbocycles. The Balaban J connectivity index is 1.31. The molecule has 0 aliphatic heterocycles. The Morgan fingerprint density at radius 3 is 2.59 bits per heavy atom. The lowest BCUT2D eigenvalue weighted by Gasteiger charge is -2.08. The maximum absolute atomic E-state index is 12.8. The van der Waals surface area contributed by atoms with Gasteiger partial charge in [-0.25, -0.2) is 9.67 Å². The minimum atomic E-state index is -0.119. The molecule has 0 saturated heterocycles. The number of fused-ring (bicyclic) bond motifs is 1. The first-order valence-corrected chi connectivity index (χ1v) is 10.9. The zero-order valence-corrected chi connectivity index (χ0v) is 18.2. The molecule has 0 unspecified atom stereocenters. The van der Waals surface area contributed by atoms with Gasteiger partial charge in [-0.1, -0.05) is 60.2 Å². The predicted octanol–water partition coefficient (Wildman–Crippen LogP) is 3.09. The van der Waals surface area contributed by atoms with Gasteiger partial charge in [-0.15, -0.1) is 0 Å². The minimum absolute atomic E-state index is 0.0193. The maximum atomic E-state index is 12.8. The van der Waals surface area contributed by atoms with Crippen LogP contribution >= 0.6 is 0 Å². The summed E-state index contributed by atoms with van der Waals surface area (Å²) in [6.45, 7) is 3.40. The second-order valence-corrected chi connectivity index (χ2v) is 7.96. The molecule has 0 saturated carbocycles. The minimum Gasteiger partial charge on any atom is -0.354 e. The number of benzene rings is 2. The van der Waals surface area contributed by atoms with Crippen molar-refractivity contribution in [3.05, 3.63) is 94.2 Å². The van der Waals surface area contributed by atoms with E-state index in [1.54, 1.807) is 21.8 Å². The SMILES string of the molecule is Cc1ccc(Cn2cnc3c(cnn3CCNC(=O)CCCc3ccccc3)c2=O)cc1. The molecular formula is C25H27N5O2. The molecule has 4 aromatic rings. The summed E-state index contributed by atoms with van der Waals surface area (Å²) in [5.41, 5.74) is 3.88. The van der Waals surface area contributed by atoms with Gasteiger partial charge in [0.1, 0.15) is 11.7 Å². The molecule has 0 aliphatic rings. The van der Waals surface area contributed by atoms with E-state index in [1.165, 1.54) is 11.1 Å². The van der Waals surface area contributed by atoms with E-state index in [1.807, 2.05) is 49.4 Å². The summed E-state index contributed by atoms with van der Waals surface area (Å²) in [6.07, 6.45) is 5.29. The van der Waals surface area contributed by atoms with Gasteiger partial charge in [-0.2, -0.15) is 5.10 Å². The highest BCUT2D eigenvalue weighted by Crippen LogP contribution is 2.08. The van der Waals surface area contributed by atoms with Crippen molar-refractivity contribution >= 4 is 16.9 Å². The molecule has 1 N–H and O–H groups in total. The van der Waals surface area contributed by atoms with Crippen molar-refractivity contribution < 1.29 is 4.79 Å². The third-order valence-corrected chi connectivity index (χ3v) is 5.45. The summed E-state index contributed by atoms with van der Waals surface area (Å²) >= 11 is 0. The van der Waals surface area contributed by atoms with Gasteiger partial charge in [0.2, 0.25) is 5.91 Å². The molecule has 7 heteroatoms. The van der Waals surface area contributed by atoms with Crippen LogP contribution in [0, 0.1) is 6.92 Å². The van der Waals surface area contributed by atoms with Crippen molar-refractivity contribution in [3.63, 3.8) is 0 Å². The molecule has 7 nitrogen and oxygen atoms in total. The standard InChI is InChI=1S/C25H27N5O2/c1-19-10-12-21(13-11-19)17-29-18-27-24-22(25(29)32)16-28-30(24)15-14-26-23(31)9-5-8-20-6-3-2-4-7-20/h2-4,6-7,10-13,16,18H,5,8-9,14-15,17H2,1H3,(H,26,31). The second kappa shape index (κ2) is 10.0. The van der Waals surface area contributed by atoms with Gasteiger partial charge in [0.05, 0.1) is 19.3 Å². The fourth-order valence-electron chi connectivity index (χ4n) is 3.65. The van der Waals surface area contributed by atoms with Gasteiger partial charge in [-0.3, -0.25) is 14.2 Å². The Bertz CT molecular complexity index is 1240. The molecule has 2 aromatic heterocycles. The molecular weight excluding hydrogens is 402 g/mol. The van der Waals surface area contributed by atoms with E-state index in [9.17, 15) is 9.59 Å². The largest absolute Gasteiger partial charge is 0.354 e. The fraction of sp³-hybridized carbons (Fsp3) is 0.280. The molecule has 2 aromatic carbocycles. The van der Waals surface area contributed by atoms with Crippen LogP contribution in [0.2, 0.25) is 0 Å². The Morgan fingerprint density at radius 1 is 1.03 bits per heavy atom. The average Bonchev–Trinajstić information content (AvgIpc) is 3.22. The van der Waals surface area contributed by atoms with Crippen molar-refractivity contribution in [2.75, 3.05) is 6.54 Å². The van der Waals surface area contributed by atoms with Crippen LogP contribution in [0.1, 0.15) is 29.5 Å². The van der Waals surface area contributed by atoms with Crippen molar-refractivity contribution in [3.8, 4) is 0 Å². The number of nitrogens with one attached hydrogen (secondary N) is 1. The van der Waals surface area contributed by atoms with Crippen LogP contribution in [0.4, 0.5) is 0 Å². The monoisotopic (exact) mass is 429 g/mol. The lowest BCUT2D eigenvalue weighted by molar-refractivity contribution is -0.121. The van der Waals surface area contributed by atoms with Gasteiger partial charge >= 0.3 is 0 Å². The van der Waals surface area contributed by atoms with Gasteiger partial charge in [0.15, 0.2) is 5.65 Å². The second-order valence-electron chi connectivity index (χ2n) is 7.96. The quantitative estimate of drug-likeness (QED) is 0.443. The molecule has 4 rings (SSSR count). The smallest absolute Gasteiger partial charge is 0.264 e. The van der Waals surface area contributed by atoms with E-state index in [2.05, 4.69) is 27.5 Å². The Kier molecular flexibility index (Phi) is 6.75. The number of nitrogens with zero attached hydrogens (tertiary/aromatic N) is 4. The molecule has 0 fully saturated rings. The molecule has 0 bridgehead atoms. The van der Waals surface area contributed by atoms with Crippen LogP contribution < -0.4 is 10.9 Å².